The van der Waals surface area contributed by atoms with Crippen molar-refractivity contribution >= 4 is 9.84 Å². The second-order valence-corrected chi connectivity index (χ2v) is 6.23. The number of hydrogen-bond acceptors (Lipinski definition) is 4. The molecule has 1 aliphatic heterocycles. The third-order valence-corrected chi connectivity index (χ3v) is 4.49. The van der Waals surface area contributed by atoms with Gasteiger partial charge in [-0.1, -0.05) is 0 Å². The SMILES string of the molecule is Cc1ccnc(S(=O)(=O)C[C@H]2CCCN2)c1. The molecular weight excluding hydrogens is 224 g/mol. The monoisotopic (exact) mass is 240 g/mol. The van der Waals surface area contributed by atoms with E-state index in [1.807, 2.05) is 6.92 Å². The topological polar surface area (TPSA) is 59.1 Å². The van der Waals surface area contributed by atoms with Crippen molar-refractivity contribution in [3.05, 3.63) is 23.9 Å². The zero-order valence-corrected chi connectivity index (χ0v) is 10.1. The highest BCUT2D eigenvalue weighted by Gasteiger charge is 2.24. The number of hydrogen-bond donors (Lipinski definition) is 1. The van der Waals surface area contributed by atoms with Gasteiger partial charge in [-0.3, -0.25) is 0 Å². The summed E-state index contributed by atoms with van der Waals surface area (Å²) in [5, 5.41) is 3.39. The van der Waals surface area contributed by atoms with Gasteiger partial charge in [0.1, 0.15) is 0 Å². The molecule has 1 aromatic rings. The Hall–Kier alpha value is -0.940. The molecule has 1 fully saturated rings. The molecule has 5 heteroatoms. The molecule has 2 heterocycles. The fraction of sp³-hybridized carbons (Fsp3) is 0.545. The summed E-state index contributed by atoms with van der Waals surface area (Å²) in [6.07, 6.45) is 3.54. The van der Waals surface area contributed by atoms with Crippen LogP contribution in [0.3, 0.4) is 0 Å². The number of sulfone groups is 1. The van der Waals surface area contributed by atoms with E-state index < -0.39 is 9.84 Å². The van der Waals surface area contributed by atoms with E-state index in [1.165, 1.54) is 0 Å². The second kappa shape index (κ2) is 4.51. The third kappa shape index (κ3) is 2.59. The zero-order valence-electron chi connectivity index (χ0n) is 9.31. The molecule has 1 aliphatic rings. The Kier molecular flexibility index (Phi) is 3.25. The molecule has 1 saturated heterocycles. The molecular formula is C11H16N2O2S. The van der Waals surface area contributed by atoms with Crippen molar-refractivity contribution in [3.63, 3.8) is 0 Å². The summed E-state index contributed by atoms with van der Waals surface area (Å²) in [5.41, 5.74) is 0.924. The molecule has 0 radical (unpaired) electrons. The van der Waals surface area contributed by atoms with Gasteiger partial charge in [-0.25, -0.2) is 13.4 Å². The van der Waals surface area contributed by atoms with E-state index in [0.717, 1.165) is 24.9 Å². The predicted octanol–water partition coefficient (Wildman–Crippen LogP) is 0.916. The van der Waals surface area contributed by atoms with Gasteiger partial charge in [0.2, 0.25) is 0 Å². The highest BCUT2D eigenvalue weighted by Crippen LogP contribution is 2.14. The van der Waals surface area contributed by atoms with Gasteiger partial charge in [-0.05, 0) is 44.0 Å². The van der Waals surface area contributed by atoms with Crippen LogP contribution in [0.25, 0.3) is 0 Å². The van der Waals surface area contributed by atoms with Crippen LogP contribution in [0.15, 0.2) is 23.4 Å². The van der Waals surface area contributed by atoms with Crippen molar-refractivity contribution < 1.29 is 8.42 Å². The number of nitrogens with one attached hydrogen (secondary N) is 1. The van der Waals surface area contributed by atoms with Crippen LogP contribution < -0.4 is 5.32 Å². The summed E-state index contributed by atoms with van der Waals surface area (Å²) in [5.74, 6) is 0.156. The van der Waals surface area contributed by atoms with Crippen LogP contribution in [0.4, 0.5) is 0 Å². The van der Waals surface area contributed by atoms with Crippen LogP contribution in [0, 0.1) is 6.92 Å². The highest BCUT2D eigenvalue weighted by atomic mass is 32.2. The van der Waals surface area contributed by atoms with Crippen LogP contribution >= 0.6 is 0 Å². The average molecular weight is 240 g/mol. The average Bonchev–Trinajstić information content (AvgIpc) is 2.70. The van der Waals surface area contributed by atoms with Crippen LogP contribution in [0.2, 0.25) is 0 Å². The smallest absolute Gasteiger partial charge is 0.197 e. The van der Waals surface area contributed by atoms with E-state index in [0.29, 0.717) is 0 Å². The van der Waals surface area contributed by atoms with Crippen molar-refractivity contribution in [1.82, 2.24) is 10.3 Å². The third-order valence-electron chi connectivity index (χ3n) is 2.79. The van der Waals surface area contributed by atoms with Crippen LogP contribution in [-0.4, -0.2) is 31.7 Å². The van der Waals surface area contributed by atoms with Gasteiger partial charge in [-0.2, -0.15) is 0 Å². The minimum absolute atomic E-state index is 0.0901. The number of aromatic nitrogens is 1. The van der Waals surface area contributed by atoms with Gasteiger partial charge in [0.25, 0.3) is 0 Å². The summed E-state index contributed by atoms with van der Waals surface area (Å²) >= 11 is 0. The van der Waals surface area contributed by atoms with Gasteiger partial charge in [0.05, 0.1) is 5.75 Å². The fourth-order valence-corrected chi connectivity index (χ4v) is 3.50. The highest BCUT2D eigenvalue weighted by molar-refractivity contribution is 7.91. The maximum atomic E-state index is 12.0. The van der Waals surface area contributed by atoms with Crippen LogP contribution in [0.5, 0.6) is 0 Å². The zero-order chi connectivity index (χ0) is 11.6. The molecule has 1 atom stereocenters. The first kappa shape index (κ1) is 11.5. The number of rotatable bonds is 3. The molecule has 0 bridgehead atoms. The Bertz CT molecular complexity index is 465. The van der Waals surface area contributed by atoms with E-state index in [-0.39, 0.29) is 16.8 Å². The Morgan fingerprint density at radius 3 is 3.00 bits per heavy atom. The standard InChI is InChI=1S/C11H16N2O2S/c1-9-4-6-13-11(7-9)16(14,15)8-10-3-2-5-12-10/h4,6-7,10,12H,2-3,5,8H2,1H3/t10-/m1/s1. The van der Waals surface area contributed by atoms with E-state index in [2.05, 4.69) is 10.3 Å². The molecule has 16 heavy (non-hydrogen) atoms. The molecule has 88 valence electrons. The van der Waals surface area contributed by atoms with Gasteiger partial charge < -0.3 is 5.32 Å². The first-order valence-corrected chi connectivity index (χ1v) is 7.12. The summed E-state index contributed by atoms with van der Waals surface area (Å²) < 4.78 is 24.1. The lowest BCUT2D eigenvalue weighted by atomic mass is 10.3. The lowest BCUT2D eigenvalue weighted by molar-refractivity contribution is 0.573. The van der Waals surface area contributed by atoms with Gasteiger partial charge in [0.15, 0.2) is 14.9 Å². The molecule has 0 aromatic carbocycles. The van der Waals surface area contributed by atoms with Crippen molar-refractivity contribution in [3.8, 4) is 0 Å². The summed E-state index contributed by atoms with van der Waals surface area (Å²) in [4.78, 5) is 3.94. The lowest BCUT2D eigenvalue weighted by Crippen LogP contribution is -2.30. The molecule has 1 aromatic heterocycles. The first-order valence-electron chi connectivity index (χ1n) is 5.47. The van der Waals surface area contributed by atoms with E-state index >= 15 is 0 Å². The van der Waals surface area contributed by atoms with Crippen LogP contribution in [0.1, 0.15) is 18.4 Å². The summed E-state index contributed by atoms with van der Waals surface area (Å²) in [6, 6.07) is 3.52. The second-order valence-electron chi connectivity index (χ2n) is 4.25. The molecule has 0 unspecified atom stereocenters. The number of aryl methyl sites for hydroxylation is 1. The minimum atomic E-state index is -3.24. The number of nitrogens with zero attached hydrogens (tertiary/aromatic N) is 1. The minimum Gasteiger partial charge on any atom is -0.313 e. The Morgan fingerprint density at radius 1 is 1.56 bits per heavy atom. The van der Waals surface area contributed by atoms with E-state index in [9.17, 15) is 8.42 Å². The van der Waals surface area contributed by atoms with Gasteiger partial charge >= 0.3 is 0 Å². The normalized spacial score (nSPS) is 21.2. The van der Waals surface area contributed by atoms with E-state index in [1.54, 1.807) is 18.3 Å². The largest absolute Gasteiger partial charge is 0.313 e. The Labute approximate surface area is 96.0 Å². The Morgan fingerprint density at radius 2 is 2.38 bits per heavy atom. The quantitative estimate of drug-likeness (QED) is 0.853. The summed E-state index contributed by atoms with van der Waals surface area (Å²) in [7, 11) is -3.24. The van der Waals surface area contributed by atoms with Crippen molar-refractivity contribution in [2.45, 2.75) is 30.8 Å². The molecule has 0 aliphatic carbocycles. The van der Waals surface area contributed by atoms with E-state index in [4.69, 9.17) is 0 Å². The van der Waals surface area contributed by atoms with Crippen molar-refractivity contribution in [2.24, 2.45) is 0 Å². The molecule has 0 amide bonds. The molecule has 4 nitrogen and oxygen atoms in total. The fourth-order valence-electron chi connectivity index (χ4n) is 1.93. The predicted molar refractivity (Wildman–Crippen MR) is 62.1 cm³/mol. The van der Waals surface area contributed by atoms with Gasteiger partial charge in [0, 0.05) is 12.2 Å². The summed E-state index contributed by atoms with van der Waals surface area (Å²) in [6.45, 7) is 2.79. The molecule has 1 N–H and O–H groups in total. The Balaban J connectivity index is 2.18. The first-order chi connectivity index (χ1) is 7.58. The van der Waals surface area contributed by atoms with Crippen molar-refractivity contribution in [1.29, 1.82) is 0 Å². The van der Waals surface area contributed by atoms with Crippen molar-refractivity contribution in [2.75, 3.05) is 12.3 Å². The number of pyridine rings is 1. The molecule has 0 saturated carbocycles. The maximum absolute atomic E-state index is 12.0. The maximum Gasteiger partial charge on any atom is 0.197 e. The van der Waals surface area contributed by atoms with Crippen LogP contribution in [-0.2, 0) is 9.84 Å². The lowest BCUT2D eigenvalue weighted by Gasteiger charge is -2.10. The van der Waals surface area contributed by atoms with Gasteiger partial charge in [-0.15, -0.1) is 0 Å². The molecule has 0 spiro atoms. The molecule has 2 rings (SSSR count).